The summed E-state index contributed by atoms with van der Waals surface area (Å²) in [5, 5.41) is 11.6. The van der Waals surface area contributed by atoms with E-state index in [1.807, 2.05) is 6.07 Å². The van der Waals surface area contributed by atoms with Crippen molar-refractivity contribution < 1.29 is 24.1 Å². The number of carbonyl (C=O) groups excluding carboxylic acids is 1. The molecule has 2 aromatic rings. The van der Waals surface area contributed by atoms with Crippen LogP contribution in [-0.4, -0.2) is 31.9 Å². The van der Waals surface area contributed by atoms with E-state index in [1.165, 1.54) is 7.11 Å². The van der Waals surface area contributed by atoms with Crippen LogP contribution in [0.4, 0.5) is 0 Å². The average molecular weight is 304 g/mol. The quantitative estimate of drug-likeness (QED) is 0.859. The van der Waals surface area contributed by atoms with E-state index in [0.717, 1.165) is 5.39 Å². The largest absolute Gasteiger partial charge is 0.507 e. The Labute approximate surface area is 129 Å². The number of phenols is 1. The molecule has 2 aromatic carbocycles. The van der Waals surface area contributed by atoms with E-state index in [2.05, 4.69) is 0 Å². The number of aromatic hydroxyl groups is 1. The van der Waals surface area contributed by atoms with E-state index in [0.29, 0.717) is 29.1 Å². The van der Waals surface area contributed by atoms with E-state index < -0.39 is 5.92 Å². The summed E-state index contributed by atoms with van der Waals surface area (Å²) in [6.07, 6.45) is 0. The van der Waals surface area contributed by atoms with Crippen LogP contribution in [0.5, 0.6) is 17.2 Å². The lowest BCUT2D eigenvalue weighted by atomic mass is 9.96. The minimum atomic E-state index is -0.465. The summed E-state index contributed by atoms with van der Waals surface area (Å²) in [5.41, 5.74) is 0.679. The first kappa shape index (κ1) is 15.9. The number of esters is 1. The maximum Gasteiger partial charge on any atom is 0.313 e. The number of benzene rings is 2. The number of phenolic OH excluding ortho intramolecular Hbond substituents is 1. The van der Waals surface area contributed by atoms with E-state index in [4.69, 9.17) is 14.2 Å². The molecule has 0 saturated carbocycles. The SMILES string of the molecule is CCOC(=O)C(C)c1cc(O)c2c(OC)cc(OC)cc2c1. The third-order valence-corrected chi connectivity index (χ3v) is 3.58. The van der Waals surface area contributed by atoms with Crippen molar-refractivity contribution in [2.75, 3.05) is 20.8 Å². The Hall–Kier alpha value is -2.43. The number of ether oxygens (including phenoxy) is 3. The van der Waals surface area contributed by atoms with Gasteiger partial charge in [0.2, 0.25) is 0 Å². The van der Waals surface area contributed by atoms with E-state index in [9.17, 15) is 9.90 Å². The fourth-order valence-electron chi connectivity index (χ4n) is 2.38. The molecule has 0 aliphatic carbocycles. The molecule has 2 rings (SSSR count). The summed E-state index contributed by atoms with van der Waals surface area (Å²) in [6.45, 7) is 3.83. The molecule has 118 valence electrons. The first-order valence-corrected chi connectivity index (χ1v) is 7.07. The van der Waals surface area contributed by atoms with Crippen molar-refractivity contribution in [3.8, 4) is 17.2 Å². The fraction of sp³-hybridized carbons (Fsp3) is 0.353. The second-order valence-corrected chi connectivity index (χ2v) is 4.94. The van der Waals surface area contributed by atoms with Crippen LogP contribution < -0.4 is 9.47 Å². The second kappa shape index (κ2) is 6.56. The Balaban J connectivity index is 2.58. The lowest BCUT2D eigenvalue weighted by molar-refractivity contribution is -0.144. The zero-order valence-corrected chi connectivity index (χ0v) is 13.2. The molecular formula is C17H20O5. The highest BCUT2D eigenvalue weighted by atomic mass is 16.5. The second-order valence-electron chi connectivity index (χ2n) is 4.94. The molecule has 0 saturated heterocycles. The molecule has 1 N–H and O–H groups in total. The van der Waals surface area contributed by atoms with Crippen molar-refractivity contribution in [1.29, 1.82) is 0 Å². The highest BCUT2D eigenvalue weighted by Gasteiger charge is 2.19. The molecule has 0 spiro atoms. The number of rotatable bonds is 5. The fourth-order valence-corrected chi connectivity index (χ4v) is 2.38. The van der Waals surface area contributed by atoms with Crippen LogP contribution >= 0.6 is 0 Å². The van der Waals surface area contributed by atoms with Crippen molar-refractivity contribution in [1.82, 2.24) is 0 Å². The Kier molecular flexibility index (Phi) is 4.75. The van der Waals surface area contributed by atoms with Gasteiger partial charge in [-0.05, 0) is 43.0 Å². The first-order chi connectivity index (χ1) is 10.5. The number of fused-ring (bicyclic) bond motifs is 1. The molecule has 0 aliphatic rings. The molecule has 22 heavy (non-hydrogen) atoms. The summed E-state index contributed by atoms with van der Waals surface area (Å²) in [7, 11) is 3.09. The van der Waals surface area contributed by atoms with Gasteiger partial charge in [0.05, 0.1) is 32.1 Å². The van der Waals surface area contributed by atoms with E-state index in [-0.39, 0.29) is 11.7 Å². The molecule has 1 atom stereocenters. The number of carbonyl (C=O) groups is 1. The predicted molar refractivity (Wildman–Crippen MR) is 83.8 cm³/mol. The van der Waals surface area contributed by atoms with Crippen molar-refractivity contribution in [2.45, 2.75) is 19.8 Å². The van der Waals surface area contributed by atoms with Crippen LogP contribution in [0.1, 0.15) is 25.3 Å². The van der Waals surface area contributed by atoms with Gasteiger partial charge in [0.1, 0.15) is 17.2 Å². The van der Waals surface area contributed by atoms with Crippen LogP contribution in [0.25, 0.3) is 10.8 Å². The van der Waals surface area contributed by atoms with E-state index >= 15 is 0 Å². The highest BCUT2D eigenvalue weighted by molar-refractivity contribution is 5.96. The van der Waals surface area contributed by atoms with Crippen LogP contribution in [0, 0.1) is 0 Å². The lowest BCUT2D eigenvalue weighted by Crippen LogP contribution is -2.12. The summed E-state index contributed by atoms with van der Waals surface area (Å²) in [6, 6.07) is 6.90. The molecule has 0 aliphatic heterocycles. The smallest absolute Gasteiger partial charge is 0.313 e. The monoisotopic (exact) mass is 304 g/mol. The van der Waals surface area contributed by atoms with Gasteiger partial charge in [-0.2, -0.15) is 0 Å². The lowest BCUT2D eigenvalue weighted by Gasteiger charge is -2.15. The molecule has 5 nitrogen and oxygen atoms in total. The number of methoxy groups -OCH3 is 2. The van der Waals surface area contributed by atoms with Gasteiger partial charge in [0.15, 0.2) is 0 Å². The Morgan fingerprint density at radius 1 is 1.18 bits per heavy atom. The minimum absolute atomic E-state index is 0.0585. The summed E-state index contributed by atoms with van der Waals surface area (Å²) in [4.78, 5) is 11.9. The van der Waals surface area contributed by atoms with Crippen LogP contribution in [0.2, 0.25) is 0 Å². The third kappa shape index (κ3) is 2.93. The molecular weight excluding hydrogens is 284 g/mol. The Bertz CT molecular complexity index is 693. The number of hydrogen-bond acceptors (Lipinski definition) is 5. The maximum atomic E-state index is 11.9. The molecule has 1 unspecified atom stereocenters. The third-order valence-electron chi connectivity index (χ3n) is 3.58. The summed E-state index contributed by atoms with van der Waals surface area (Å²) < 4.78 is 15.6. The molecule has 0 radical (unpaired) electrons. The van der Waals surface area contributed by atoms with Gasteiger partial charge in [0.25, 0.3) is 0 Å². The average Bonchev–Trinajstić information content (AvgIpc) is 2.52. The van der Waals surface area contributed by atoms with Gasteiger partial charge in [-0.25, -0.2) is 0 Å². The van der Waals surface area contributed by atoms with Crippen molar-refractivity contribution in [3.05, 3.63) is 29.8 Å². The van der Waals surface area contributed by atoms with Gasteiger partial charge in [-0.1, -0.05) is 0 Å². The van der Waals surface area contributed by atoms with Crippen LogP contribution in [0.3, 0.4) is 0 Å². The molecule has 5 heteroatoms. The Morgan fingerprint density at radius 3 is 2.50 bits per heavy atom. The van der Waals surface area contributed by atoms with Gasteiger partial charge in [-0.15, -0.1) is 0 Å². The minimum Gasteiger partial charge on any atom is -0.507 e. The summed E-state index contributed by atoms with van der Waals surface area (Å²) in [5.74, 6) is 0.401. The molecule has 0 amide bonds. The van der Waals surface area contributed by atoms with Gasteiger partial charge >= 0.3 is 5.97 Å². The van der Waals surface area contributed by atoms with Gasteiger partial charge in [-0.3, -0.25) is 4.79 Å². The van der Waals surface area contributed by atoms with Crippen LogP contribution in [-0.2, 0) is 9.53 Å². The zero-order valence-electron chi connectivity index (χ0n) is 13.2. The zero-order chi connectivity index (χ0) is 16.3. The molecule has 0 bridgehead atoms. The van der Waals surface area contributed by atoms with Crippen molar-refractivity contribution >= 4 is 16.7 Å². The molecule has 0 fully saturated rings. The van der Waals surface area contributed by atoms with Crippen molar-refractivity contribution in [3.63, 3.8) is 0 Å². The predicted octanol–water partition coefficient (Wildman–Crippen LogP) is 3.23. The van der Waals surface area contributed by atoms with Gasteiger partial charge in [0, 0.05) is 6.07 Å². The maximum absolute atomic E-state index is 11.9. The van der Waals surface area contributed by atoms with Crippen molar-refractivity contribution in [2.24, 2.45) is 0 Å². The first-order valence-electron chi connectivity index (χ1n) is 7.07. The topological polar surface area (TPSA) is 65.0 Å². The normalized spacial score (nSPS) is 12.0. The van der Waals surface area contributed by atoms with Crippen LogP contribution in [0.15, 0.2) is 24.3 Å². The Morgan fingerprint density at radius 2 is 1.91 bits per heavy atom. The van der Waals surface area contributed by atoms with Gasteiger partial charge < -0.3 is 19.3 Å². The standard InChI is InChI=1S/C17H20O5/c1-5-22-17(19)10(2)11-6-12-7-13(20-3)9-15(21-4)16(12)14(18)8-11/h6-10,18H,5H2,1-4H3. The number of hydrogen-bond donors (Lipinski definition) is 1. The summed E-state index contributed by atoms with van der Waals surface area (Å²) >= 11 is 0. The molecule has 0 aromatic heterocycles. The highest BCUT2D eigenvalue weighted by Crippen LogP contribution is 2.39. The molecule has 0 heterocycles. The van der Waals surface area contributed by atoms with E-state index in [1.54, 1.807) is 39.2 Å².